The van der Waals surface area contributed by atoms with Crippen molar-refractivity contribution >= 4 is 17.4 Å². The summed E-state index contributed by atoms with van der Waals surface area (Å²) < 4.78 is 0. The minimum atomic E-state index is 0.550. The first-order valence-corrected chi connectivity index (χ1v) is 7.41. The molecule has 0 bridgehead atoms. The van der Waals surface area contributed by atoms with Crippen molar-refractivity contribution in [1.29, 1.82) is 0 Å². The zero-order valence-electron chi connectivity index (χ0n) is 10.7. The van der Waals surface area contributed by atoms with E-state index in [-0.39, 0.29) is 0 Å². The summed E-state index contributed by atoms with van der Waals surface area (Å²) in [4.78, 5) is 9.60. The maximum Gasteiger partial charge on any atom is 0.133 e. The van der Waals surface area contributed by atoms with Gasteiger partial charge in [-0.05, 0) is 25.5 Å². The van der Waals surface area contributed by atoms with E-state index in [9.17, 15) is 0 Å². The van der Waals surface area contributed by atoms with E-state index >= 15 is 0 Å². The lowest BCUT2D eigenvalue weighted by Crippen LogP contribution is -2.55. The molecule has 3 rings (SSSR count). The number of pyridine rings is 1. The number of halogens is 1. The van der Waals surface area contributed by atoms with Crippen molar-refractivity contribution in [1.82, 2.24) is 9.88 Å². The standard InChI is InChI=1S/C14H20ClN3/c15-10-12-4-3-6-16-14(12)18-9-8-17-7-2-1-5-13(17)11-18/h3-4,6,13H,1-2,5,7-11H2. The van der Waals surface area contributed by atoms with Gasteiger partial charge < -0.3 is 4.90 Å². The van der Waals surface area contributed by atoms with Crippen molar-refractivity contribution < 1.29 is 0 Å². The predicted molar refractivity (Wildman–Crippen MR) is 75.2 cm³/mol. The number of aromatic nitrogens is 1. The lowest BCUT2D eigenvalue weighted by atomic mass is 9.99. The van der Waals surface area contributed by atoms with Crippen LogP contribution in [-0.2, 0) is 5.88 Å². The molecule has 1 aromatic heterocycles. The van der Waals surface area contributed by atoms with Gasteiger partial charge >= 0.3 is 0 Å². The SMILES string of the molecule is ClCc1cccnc1N1CCN2CCCCC2C1. The van der Waals surface area contributed by atoms with E-state index in [1.54, 1.807) is 0 Å². The van der Waals surface area contributed by atoms with Crippen molar-refractivity contribution in [3.8, 4) is 0 Å². The average molecular weight is 266 g/mol. The number of alkyl halides is 1. The molecule has 0 aromatic carbocycles. The van der Waals surface area contributed by atoms with Crippen molar-refractivity contribution in [2.24, 2.45) is 0 Å². The second-order valence-corrected chi connectivity index (χ2v) is 5.52. The van der Waals surface area contributed by atoms with Crippen molar-refractivity contribution in [2.45, 2.75) is 31.2 Å². The number of rotatable bonds is 2. The maximum absolute atomic E-state index is 6.01. The largest absolute Gasteiger partial charge is 0.354 e. The van der Waals surface area contributed by atoms with Gasteiger partial charge in [0.15, 0.2) is 0 Å². The van der Waals surface area contributed by atoms with Crippen LogP contribution in [0.1, 0.15) is 24.8 Å². The van der Waals surface area contributed by atoms with E-state index in [1.165, 1.54) is 32.4 Å². The molecule has 3 heterocycles. The van der Waals surface area contributed by atoms with Crippen LogP contribution in [0.15, 0.2) is 18.3 Å². The molecule has 18 heavy (non-hydrogen) atoms. The molecule has 0 N–H and O–H groups in total. The highest BCUT2D eigenvalue weighted by Crippen LogP contribution is 2.26. The van der Waals surface area contributed by atoms with Crippen LogP contribution in [0.2, 0.25) is 0 Å². The molecule has 98 valence electrons. The molecule has 2 aliphatic heterocycles. The zero-order chi connectivity index (χ0) is 12.4. The molecular weight excluding hydrogens is 246 g/mol. The molecule has 1 atom stereocenters. The predicted octanol–water partition coefficient (Wildman–Crippen LogP) is 2.49. The first-order valence-electron chi connectivity index (χ1n) is 6.87. The molecule has 1 unspecified atom stereocenters. The van der Waals surface area contributed by atoms with Gasteiger partial charge in [-0.3, -0.25) is 4.90 Å². The Labute approximate surface area is 114 Å². The maximum atomic E-state index is 6.01. The Balaban J connectivity index is 1.77. The minimum Gasteiger partial charge on any atom is -0.354 e. The second-order valence-electron chi connectivity index (χ2n) is 5.25. The molecular formula is C14H20ClN3. The molecule has 0 radical (unpaired) electrons. The van der Waals surface area contributed by atoms with Crippen LogP contribution in [0.5, 0.6) is 0 Å². The molecule has 2 saturated heterocycles. The van der Waals surface area contributed by atoms with Gasteiger partial charge in [-0.2, -0.15) is 0 Å². The van der Waals surface area contributed by atoms with Gasteiger partial charge in [-0.1, -0.05) is 12.5 Å². The number of fused-ring (bicyclic) bond motifs is 1. The van der Waals surface area contributed by atoms with Crippen molar-refractivity contribution in [3.05, 3.63) is 23.9 Å². The van der Waals surface area contributed by atoms with Crippen LogP contribution in [-0.4, -0.2) is 42.1 Å². The average Bonchev–Trinajstić information content (AvgIpc) is 2.46. The van der Waals surface area contributed by atoms with Gasteiger partial charge in [-0.15, -0.1) is 11.6 Å². The Hall–Kier alpha value is -0.800. The molecule has 0 amide bonds. The highest BCUT2D eigenvalue weighted by molar-refractivity contribution is 6.17. The van der Waals surface area contributed by atoms with E-state index in [2.05, 4.69) is 20.9 Å². The number of hydrogen-bond donors (Lipinski definition) is 0. The molecule has 3 nitrogen and oxygen atoms in total. The summed E-state index contributed by atoms with van der Waals surface area (Å²) >= 11 is 6.01. The molecule has 0 spiro atoms. The van der Waals surface area contributed by atoms with E-state index in [0.717, 1.165) is 30.5 Å². The first-order chi connectivity index (χ1) is 8.88. The van der Waals surface area contributed by atoms with Gasteiger partial charge in [0.05, 0.1) is 5.88 Å². The third kappa shape index (κ3) is 2.34. The van der Waals surface area contributed by atoms with Gasteiger partial charge in [0.1, 0.15) is 5.82 Å². The fourth-order valence-corrected chi connectivity index (χ4v) is 3.38. The molecule has 4 heteroatoms. The fraction of sp³-hybridized carbons (Fsp3) is 0.643. The fourth-order valence-electron chi connectivity index (χ4n) is 3.17. The topological polar surface area (TPSA) is 19.4 Å². The third-order valence-corrected chi connectivity index (χ3v) is 4.44. The molecule has 2 fully saturated rings. The second kappa shape index (κ2) is 5.45. The van der Waals surface area contributed by atoms with E-state index in [4.69, 9.17) is 11.6 Å². The van der Waals surface area contributed by atoms with Gasteiger partial charge in [0.25, 0.3) is 0 Å². The number of anilines is 1. The normalized spacial score (nSPS) is 24.9. The van der Waals surface area contributed by atoms with Crippen LogP contribution in [0, 0.1) is 0 Å². The van der Waals surface area contributed by atoms with Crippen LogP contribution in [0.25, 0.3) is 0 Å². The molecule has 0 aliphatic carbocycles. The van der Waals surface area contributed by atoms with Gasteiger partial charge in [0, 0.05) is 37.4 Å². The van der Waals surface area contributed by atoms with E-state index < -0.39 is 0 Å². The summed E-state index contributed by atoms with van der Waals surface area (Å²) in [6.45, 7) is 4.64. The van der Waals surface area contributed by atoms with Crippen LogP contribution < -0.4 is 4.90 Å². The van der Waals surface area contributed by atoms with Crippen LogP contribution in [0.4, 0.5) is 5.82 Å². The first kappa shape index (κ1) is 12.2. The minimum absolute atomic E-state index is 0.550. The zero-order valence-corrected chi connectivity index (χ0v) is 11.4. The smallest absolute Gasteiger partial charge is 0.133 e. The Bertz CT molecular complexity index is 410. The lowest BCUT2D eigenvalue weighted by Gasteiger charge is -2.44. The van der Waals surface area contributed by atoms with Crippen molar-refractivity contribution in [3.63, 3.8) is 0 Å². The van der Waals surface area contributed by atoms with E-state index in [0.29, 0.717) is 5.88 Å². The van der Waals surface area contributed by atoms with Gasteiger partial charge in [-0.25, -0.2) is 4.98 Å². The summed E-state index contributed by atoms with van der Waals surface area (Å²) in [6, 6.07) is 4.78. The summed E-state index contributed by atoms with van der Waals surface area (Å²) in [5.41, 5.74) is 1.16. The summed E-state index contributed by atoms with van der Waals surface area (Å²) in [5, 5.41) is 0. The van der Waals surface area contributed by atoms with Crippen LogP contribution in [0.3, 0.4) is 0 Å². The third-order valence-electron chi connectivity index (χ3n) is 4.15. The van der Waals surface area contributed by atoms with Crippen molar-refractivity contribution in [2.75, 3.05) is 31.1 Å². The number of piperidine rings is 1. The molecule has 2 aliphatic rings. The van der Waals surface area contributed by atoms with E-state index in [1.807, 2.05) is 12.3 Å². The molecule has 0 saturated carbocycles. The Morgan fingerprint density at radius 2 is 2.22 bits per heavy atom. The summed E-state index contributed by atoms with van der Waals surface area (Å²) in [5.74, 6) is 1.64. The Kier molecular flexibility index (Phi) is 3.71. The highest BCUT2D eigenvalue weighted by atomic mass is 35.5. The quantitative estimate of drug-likeness (QED) is 0.766. The van der Waals surface area contributed by atoms with Gasteiger partial charge in [0.2, 0.25) is 0 Å². The summed E-state index contributed by atoms with van der Waals surface area (Å²) in [6.07, 6.45) is 5.95. The Morgan fingerprint density at radius 1 is 1.28 bits per heavy atom. The monoisotopic (exact) mass is 265 g/mol. The van der Waals surface area contributed by atoms with Crippen LogP contribution >= 0.6 is 11.6 Å². The molecule has 1 aromatic rings. The number of nitrogens with zero attached hydrogens (tertiary/aromatic N) is 3. The lowest BCUT2D eigenvalue weighted by molar-refractivity contribution is 0.133. The summed E-state index contributed by atoms with van der Waals surface area (Å²) in [7, 11) is 0. The number of piperazine rings is 1. The highest BCUT2D eigenvalue weighted by Gasteiger charge is 2.29. The Morgan fingerprint density at radius 3 is 3.11 bits per heavy atom. The number of hydrogen-bond acceptors (Lipinski definition) is 3.